The first kappa shape index (κ1) is 10.4. The molecule has 1 heterocycles. The van der Waals surface area contributed by atoms with E-state index in [1.54, 1.807) is 37.4 Å². The molecule has 3 nitrogen and oxygen atoms in total. The first-order valence-corrected chi connectivity index (χ1v) is 4.96. The molecule has 0 aliphatic rings. The van der Waals surface area contributed by atoms with Gasteiger partial charge in [-0.2, -0.15) is 0 Å². The quantitative estimate of drug-likeness (QED) is 0.568. The SMILES string of the molecule is Cc1ncccc1C(=O)Oc1ccccc1. The summed E-state index contributed by atoms with van der Waals surface area (Å²) in [6.07, 6.45) is 1.65. The summed E-state index contributed by atoms with van der Waals surface area (Å²) in [5.41, 5.74) is 1.16. The average molecular weight is 213 g/mol. The van der Waals surface area contributed by atoms with Crippen LogP contribution in [-0.2, 0) is 0 Å². The highest BCUT2D eigenvalue weighted by molar-refractivity contribution is 5.92. The number of carbonyl (C=O) groups excluding carboxylic acids is 1. The first-order chi connectivity index (χ1) is 7.77. The van der Waals surface area contributed by atoms with Crippen LogP contribution in [0.1, 0.15) is 16.1 Å². The van der Waals surface area contributed by atoms with E-state index in [1.165, 1.54) is 0 Å². The molecule has 0 spiro atoms. The van der Waals surface area contributed by atoms with Crippen molar-refractivity contribution in [1.82, 2.24) is 4.98 Å². The number of nitrogens with zero attached hydrogens (tertiary/aromatic N) is 1. The molecule has 16 heavy (non-hydrogen) atoms. The third-order valence-electron chi connectivity index (χ3n) is 2.18. The zero-order valence-corrected chi connectivity index (χ0v) is 8.88. The second-order valence-corrected chi connectivity index (χ2v) is 3.34. The molecule has 0 saturated carbocycles. The Hall–Kier alpha value is -2.16. The van der Waals surface area contributed by atoms with Gasteiger partial charge in [0.05, 0.1) is 11.3 Å². The maximum absolute atomic E-state index is 11.8. The predicted octanol–water partition coefficient (Wildman–Crippen LogP) is 2.61. The fourth-order valence-corrected chi connectivity index (χ4v) is 1.35. The van der Waals surface area contributed by atoms with Gasteiger partial charge >= 0.3 is 5.97 Å². The number of rotatable bonds is 2. The molecule has 80 valence electrons. The van der Waals surface area contributed by atoms with Crippen molar-refractivity contribution in [3.8, 4) is 5.75 Å². The topological polar surface area (TPSA) is 39.2 Å². The molecule has 1 aromatic heterocycles. The summed E-state index contributed by atoms with van der Waals surface area (Å²) in [7, 11) is 0. The lowest BCUT2D eigenvalue weighted by Gasteiger charge is -2.05. The molecule has 0 atom stereocenters. The van der Waals surface area contributed by atoms with Gasteiger partial charge in [-0.05, 0) is 31.2 Å². The minimum absolute atomic E-state index is 0.378. The van der Waals surface area contributed by atoms with Crippen LogP contribution in [-0.4, -0.2) is 11.0 Å². The van der Waals surface area contributed by atoms with Crippen LogP contribution >= 0.6 is 0 Å². The number of benzene rings is 1. The fourth-order valence-electron chi connectivity index (χ4n) is 1.35. The molecule has 0 unspecified atom stereocenters. The van der Waals surface area contributed by atoms with Gasteiger partial charge in [0, 0.05) is 6.20 Å². The third-order valence-corrected chi connectivity index (χ3v) is 2.18. The fraction of sp³-hybridized carbons (Fsp3) is 0.0769. The van der Waals surface area contributed by atoms with E-state index in [4.69, 9.17) is 4.74 Å². The Balaban J connectivity index is 2.19. The van der Waals surface area contributed by atoms with E-state index in [2.05, 4.69) is 4.98 Å². The summed E-state index contributed by atoms with van der Waals surface area (Å²) in [4.78, 5) is 15.8. The zero-order valence-electron chi connectivity index (χ0n) is 8.88. The van der Waals surface area contributed by atoms with Crippen LogP contribution < -0.4 is 4.74 Å². The average Bonchev–Trinajstić information content (AvgIpc) is 2.31. The monoisotopic (exact) mass is 213 g/mol. The van der Waals surface area contributed by atoms with E-state index in [0.717, 1.165) is 0 Å². The lowest BCUT2D eigenvalue weighted by molar-refractivity contribution is 0.0733. The first-order valence-electron chi connectivity index (χ1n) is 4.96. The van der Waals surface area contributed by atoms with E-state index < -0.39 is 0 Å². The summed E-state index contributed by atoms with van der Waals surface area (Å²) in [5, 5.41) is 0. The molecule has 0 fully saturated rings. The maximum Gasteiger partial charge on any atom is 0.345 e. The van der Waals surface area contributed by atoms with Gasteiger partial charge in [-0.1, -0.05) is 18.2 Å². The van der Waals surface area contributed by atoms with Crippen molar-refractivity contribution in [2.75, 3.05) is 0 Å². The van der Waals surface area contributed by atoms with Gasteiger partial charge < -0.3 is 4.74 Å². The van der Waals surface area contributed by atoms with Crippen molar-refractivity contribution in [2.45, 2.75) is 6.92 Å². The normalized spacial score (nSPS) is 9.81. The summed E-state index contributed by atoms with van der Waals surface area (Å²) in [6.45, 7) is 1.78. The molecule has 1 aromatic carbocycles. The van der Waals surface area contributed by atoms with E-state index >= 15 is 0 Å². The lowest BCUT2D eigenvalue weighted by Crippen LogP contribution is -2.10. The number of para-hydroxylation sites is 1. The minimum Gasteiger partial charge on any atom is -0.423 e. The lowest BCUT2D eigenvalue weighted by atomic mass is 10.2. The van der Waals surface area contributed by atoms with Crippen molar-refractivity contribution >= 4 is 5.97 Å². The largest absolute Gasteiger partial charge is 0.423 e. The second-order valence-electron chi connectivity index (χ2n) is 3.34. The Morgan fingerprint density at radius 3 is 2.56 bits per heavy atom. The summed E-state index contributed by atoms with van der Waals surface area (Å²) in [6, 6.07) is 12.4. The molecular formula is C13H11NO2. The third kappa shape index (κ3) is 2.25. The Labute approximate surface area is 93.7 Å². The highest BCUT2D eigenvalue weighted by Gasteiger charge is 2.11. The van der Waals surface area contributed by atoms with Crippen molar-refractivity contribution in [3.63, 3.8) is 0 Å². The van der Waals surface area contributed by atoms with Crippen LogP contribution in [0.15, 0.2) is 48.7 Å². The number of hydrogen-bond acceptors (Lipinski definition) is 3. The molecule has 0 radical (unpaired) electrons. The van der Waals surface area contributed by atoms with E-state index in [9.17, 15) is 4.79 Å². The summed E-state index contributed by atoms with van der Waals surface area (Å²) < 4.78 is 5.20. The smallest absolute Gasteiger partial charge is 0.345 e. The van der Waals surface area contributed by atoms with Crippen molar-refractivity contribution in [3.05, 3.63) is 59.9 Å². The van der Waals surface area contributed by atoms with Gasteiger partial charge in [-0.15, -0.1) is 0 Å². The molecule has 3 heteroatoms. The number of pyridine rings is 1. The van der Waals surface area contributed by atoms with Gasteiger partial charge in [0.15, 0.2) is 0 Å². The molecule has 0 N–H and O–H groups in total. The molecule has 0 aliphatic carbocycles. The molecule has 0 aliphatic heterocycles. The van der Waals surface area contributed by atoms with Gasteiger partial charge in [0.1, 0.15) is 5.75 Å². The predicted molar refractivity (Wildman–Crippen MR) is 60.4 cm³/mol. The Morgan fingerprint density at radius 2 is 1.88 bits per heavy atom. The van der Waals surface area contributed by atoms with Crippen molar-refractivity contribution < 1.29 is 9.53 Å². The van der Waals surface area contributed by atoms with Crippen LogP contribution in [0.5, 0.6) is 5.75 Å². The summed E-state index contributed by atoms with van der Waals surface area (Å²) in [5.74, 6) is 0.160. The van der Waals surface area contributed by atoms with Gasteiger partial charge in [0.25, 0.3) is 0 Å². The Morgan fingerprint density at radius 1 is 1.12 bits per heavy atom. The molecule has 2 rings (SSSR count). The van der Waals surface area contributed by atoms with E-state index in [1.807, 2.05) is 18.2 Å². The van der Waals surface area contributed by atoms with Gasteiger partial charge in [-0.25, -0.2) is 4.79 Å². The number of carbonyl (C=O) groups is 1. The summed E-state index contributed by atoms with van der Waals surface area (Å²) >= 11 is 0. The van der Waals surface area contributed by atoms with Crippen LogP contribution in [0.4, 0.5) is 0 Å². The van der Waals surface area contributed by atoms with E-state index in [-0.39, 0.29) is 5.97 Å². The van der Waals surface area contributed by atoms with Gasteiger partial charge in [-0.3, -0.25) is 4.98 Å². The van der Waals surface area contributed by atoms with Crippen molar-refractivity contribution in [1.29, 1.82) is 0 Å². The molecule has 0 amide bonds. The number of aryl methyl sites for hydroxylation is 1. The Bertz CT molecular complexity index is 494. The maximum atomic E-state index is 11.8. The number of ether oxygens (including phenoxy) is 1. The molecule has 0 bridgehead atoms. The number of aromatic nitrogens is 1. The number of esters is 1. The zero-order chi connectivity index (χ0) is 11.4. The standard InChI is InChI=1S/C13H11NO2/c1-10-12(8-5-9-14-10)13(15)16-11-6-3-2-4-7-11/h2-9H,1H3. The van der Waals surface area contributed by atoms with Crippen LogP contribution in [0.25, 0.3) is 0 Å². The highest BCUT2D eigenvalue weighted by Crippen LogP contribution is 2.12. The van der Waals surface area contributed by atoms with Crippen molar-refractivity contribution in [2.24, 2.45) is 0 Å². The number of hydrogen-bond donors (Lipinski definition) is 0. The van der Waals surface area contributed by atoms with Gasteiger partial charge in [0.2, 0.25) is 0 Å². The minimum atomic E-state index is -0.378. The van der Waals surface area contributed by atoms with Crippen LogP contribution in [0, 0.1) is 6.92 Å². The molecule has 0 saturated heterocycles. The Kier molecular flexibility index (Phi) is 2.96. The van der Waals surface area contributed by atoms with Crippen LogP contribution in [0.2, 0.25) is 0 Å². The highest BCUT2D eigenvalue weighted by atomic mass is 16.5. The van der Waals surface area contributed by atoms with Crippen LogP contribution in [0.3, 0.4) is 0 Å². The van der Waals surface area contributed by atoms with E-state index in [0.29, 0.717) is 17.0 Å². The second kappa shape index (κ2) is 4.57. The molecular weight excluding hydrogens is 202 g/mol. The molecule has 2 aromatic rings.